The highest BCUT2D eigenvalue weighted by Gasteiger charge is 2.45. The molecule has 1 amide bonds. The van der Waals surface area contributed by atoms with Gasteiger partial charge in [0.1, 0.15) is 11.6 Å². The number of aliphatic hydroxyl groups is 1. The lowest BCUT2D eigenvalue weighted by Crippen LogP contribution is -2.31. The number of rotatable bonds is 5. The van der Waals surface area contributed by atoms with Gasteiger partial charge in [0.25, 0.3) is 5.91 Å². The normalized spacial score (nSPS) is 17.0. The van der Waals surface area contributed by atoms with Crippen molar-refractivity contribution >= 4 is 11.7 Å². The zero-order valence-corrected chi connectivity index (χ0v) is 14.0. The van der Waals surface area contributed by atoms with Gasteiger partial charge in [-0.2, -0.15) is 0 Å². The summed E-state index contributed by atoms with van der Waals surface area (Å²) in [7, 11) is 0. The summed E-state index contributed by atoms with van der Waals surface area (Å²) in [5.41, 5.74) is -0.136. The molecule has 27 heavy (non-hydrogen) atoms. The zero-order chi connectivity index (χ0) is 19.0. The van der Waals surface area contributed by atoms with Crippen LogP contribution < -0.4 is 0 Å². The number of Topliss-reactive ketones (excluding diaryl/α,β-unsaturated/α-hetero) is 1. The number of halogens is 1. The molecule has 3 heterocycles. The molecule has 0 bridgehead atoms. The minimum atomic E-state index is -1.11. The van der Waals surface area contributed by atoms with Gasteiger partial charge >= 0.3 is 0 Å². The molecule has 1 aromatic carbocycles. The molecule has 3 aromatic rings. The van der Waals surface area contributed by atoms with Gasteiger partial charge in [0, 0.05) is 5.56 Å². The molecular formula is C20H14FNO5. The van der Waals surface area contributed by atoms with Gasteiger partial charge in [0.2, 0.25) is 5.78 Å². The van der Waals surface area contributed by atoms with Gasteiger partial charge in [0.15, 0.2) is 11.5 Å². The first-order valence-electron chi connectivity index (χ1n) is 8.17. The van der Waals surface area contributed by atoms with Gasteiger partial charge in [0.05, 0.1) is 30.7 Å². The average Bonchev–Trinajstić information content (AvgIpc) is 3.40. The Bertz CT molecular complexity index is 1020. The van der Waals surface area contributed by atoms with Crippen LogP contribution in [-0.2, 0) is 11.3 Å². The fourth-order valence-electron chi connectivity index (χ4n) is 3.18. The number of hydrogen-bond donors (Lipinski definition) is 1. The third-order valence-electron chi connectivity index (χ3n) is 4.40. The molecule has 0 saturated carbocycles. The van der Waals surface area contributed by atoms with Crippen molar-refractivity contribution in [3.05, 3.63) is 95.3 Å². The maximum Gasteiger partial charge on any atom is 0.290 e. The number of benzene rings is 1. The van der Waals surface area contributed by atoms with Crippen LogP contribution in [0.4, 0.5) is 4.39 Å². The van der Waals surface area contributed by atoms with Crippen LogP contribution >= 0.6 is 0 Å². The Labute approximate surface area is 153 Å². The summed E-state index contributed by atoms with van der Waals surface area (Å²) in [5, 5.41) is 10.4. The molecule has 1 aliphatic rings. The predicted octanol–water partition coefficient (Wildman–Crippen LogP) is 3.79. The largest absolute Gasteiger partial charge is 0.503 e. The van der Waals surface area contributed by atoms with Crippen LogP contribution in [-0.4, -0.2) is 21.7 Å². The molecule has 0 aliphatic carbocycles. The quantitative estimate of drug-likeness (QED) is 0.694. The van der Waals surface area contributed by atoms with E-state index in [4.69, 9.17) is 8.83 Å². The number of nitrogens with zero attached hydrogens (tertiary/aromatic N) is 1. The average molecular weight is 367 g/mol. The van der Waals surface area contributed by atoms with E-state index in [0.29, 0.717) is 5.76 Å². The SMILES string of the molecule is O=C(C1=C(O)C(=O)N(Cc2ccco2)C1c1ccccc1F)c1ccco1. The summed E-state index contributed by atoms with van der Waals surface area (Å²) in [4.78, 5) is 26.7. The maximum atomic E-state index is 14.5. The summed E-state index contributed by atoms with van der Waals surface area (Å²) in [6.45, 7) is -0.0379. The van der Waals surface area contributed by atoms with E-state index < -0.39 is 29.3 Å². The second-order valence-corrected chi connectivity index (χ2v) is 6.01. The van der Waals surface area contributed by atoms with Gasteiger partial charge in [-0.1, -0.05) is 18.2 Å². The molecular weight excluding hydrogens is 353 g/mol. The Kier molecular flexibility index (Phi) is 4.12. The molecule has 2 aromatic heterocycles. The number of hydrogen-bond acceptors (Lipinski definition) is 5. The molecule has 1 aliphatic heterocycles. The van der Waals surface area contributed by atoms with Gasteiger partial charge in [-0.3, -0.25) is 9.59 Å². The Hall–Kier alpha value is -3.61. The van der Waals surface area contributed by atoms with E-state index in [-0.39, 0.29) is 23.4 Å². The van der Waals surface area contributed by atoms with Crippen molar-refractivity contribution < 1.29 is 27.9 Å². The Morgan fingerprint density at radius 2 is 1.81 bits per heavy atom. The molecule has 1 N–H and O–H groups in total. The van der Waals surface area contributed by atoms with Crippen LogP contribution in [0.5, 0.6) is 0 Å². The smallest absolute Gasteiger partial charge is 0.290 e. The molecule has 0 radical (unpaired) electrons. The van der Waals surface area contributed by atoms with Crippen LogP contribution in [0.25, 0.3) is 0 Å². The number of ketones is 1. The Morgan fingerprint density at radius 3 is 2.48 bits per heavy atom. The number of amides is 1. The second-order valence-electron chi connectivity index (χ2n) is 6.01. The highest BCUT2D eigenvalue weighted by Crippen LogP contribution is 2.40. The van der Waals surface area contributed by atoms with Crippen molar-refractivity contribution in [1.29, 1.82) is 0 Å². The van der Waals surface area contributed by atoms with E-state index in [9.17, 15) is 19.1 Å². The molecule has 0 saturated heterocycles. The van der Waals surface area contributed by atoms with E-state index >= 15 is 0 Å². The van der Waals surface area contributed by atoms with Gasteiger partial charge in [-0.25, -0.2) is 4.39 Å². The molecule has 7 heteroatoms. The van der Waals surface area contributed by atoms with E-state index in [0.717, 1.165) is 0 Å². The van der Waals surface area contributed by atoms with Crippen LogP contribution in [0, 0.1) is 5.82 Å². The van der Waals surface area contributed by atoms with E-state index in [1.807, 2.05) is 0 Å². The monoisotopic (exact) mass is 367 g/mol. The summed E-state index contributed by atoms with van der Waals surface area (Å²) in [6.07, 6.45) is 2.75. The van der Waals surface area contributed by atoms with Gasteiger partial charge < -0.3 is 18.8 Å². The summed E-state index contributed by atoms with van der Waals surface area (Å²) >= 11 is 0. The van der Waals surface area contributed by atoms with E-state index in [1.54, 1.807) is 18.2 Å². The van der Waals surface area contributed by atoms with Crippen LogP contribution in [0.3, 0.4) is 0 Å². The van der Waals surface area contributed by atoms with Crippen molar-refractivity contribution in [1.82, 2.24) is 4.90 Å². The fraction of sp³-hybridized carbons (Fsp3) is 0.100. The maximum absolute atomic E-state index is 14.5. The molecule has 4 rings (SSSR count). The van der Waals surface area contributed by atoms with Crippen molar-refractivity contribution in [3.8, 4) is 0 Å². The zero-order valence-electron chi connectivity index (χ0n) is 14.0. The van der Waals surface area contributed by atoms with Crippen molar-refractivity contribution in [2.24, 2.45) is 0 Å². The van der Waals surface area contributed by atoms with Crippen molar-refractivity contribution in [2.75, 3.05) is 0 Å². The molecule has 6 nitrogen and oxygen atoms in total. The lowest BCUT2D eigenvalue weighted by Gasteiger charge is -2.26. The van der Waals surface area contributed by atoms with Crippen LogP contribution in [0.15, 0.2) is 81.2 Å². The molecule has 1 unspecified atom stereocenters. The number of furan rings is 2. The number of aliphatic hydroxyl groups excluding tert-OH is 1. The van der Waals surface area contributed by atoms with Crippen molar-refractivity contribution in [3.63, 3.8) is 0 Å². The minimum Gasteiger partial charge on any atom is -0.503 e. The highest BCUT2D eigenvalue weighted by atomic mass is 19.1. The van der Waals surface area contributed by atoms with Crippen LogP contribution in [0.1, 0.15) is 27.9 Å². The fourth-order valence-corrected chi connectivity index (χ4v) is 3.18. The number of carbonyl (C=O) groups is 2. The standard InChI is InChI=1S/C20H14FNO5/c21-14-7-2-1-6-13(14)17-16(18(23)15-8-4-10-27-15)19(24)20(25)22(17)11-12-5-3-9-26-12/h1-10,17,24H,11H2. The molecule has 136 valence electrons. The number of carbonyl (C=O) groups excluding carboxylic acids is 2. The van der Waals surface area contributed by atoms with E-state index in [2.05, 4.69) is 0 Å². The Balaban J connectivity index is 1.83. The lowest BCUT2D eigenvalue weighted by molar-refractivity contribution is -0.130. The predicted molar refractivity (Wildman–Crippen MR) is 91.1 cm³/mol. The first-order valence-corrected chi connectivity index (χ1v) is 8.17. The van der Waals surface area contributed by atoms with E-state index in [1.165, 1.54) is 47.8 Å². The first-order chi connectivity index (χ1) is 13.1. The lowest BCUT2D eigenvalue weighted by atomic mass is 9.94. The summed E-state index contributed by atoms with van der Waals surface area (Å²) < 4.78 is 24.9. The first kappa shape index (κ1) is 16.8. The molecule has 0 spiro atoms. The topological polar surface area (TPSA) is 83.9 Å². The van der Waals surface area contributed by atoms with Crippen LogP contribution in [0.2, 0.25) is 0 Å². The Morgan fingerprint density at radius 1 is 1.07 bits per heavy atom. The summed E-state index contributed by atoms with van der Waals surface area (Å²) in [6, 6.07) is 10.9. The molecule has 1 atom stereocenters. The van der Waals surface area contributed by atoms with Crippen molar-refractivity contribution in [2.45, 2.75) is 12.6 Å². The summed E-state index contributed by atoms with van der Waals surface area (Å²) in [5.74, 6) is -2.40. The third-order valence-corrected chi connectivity index (χ3v) is 4.40. The van der Waals surface area contributed by atoms with Gasteiger partial charge in [-0.15, -0.1) is 0 Å². The minimum absolute atomic E-state index is 0.0379. The van der Waals surface area contributed by atoms with Gasteiger partial charge in [-0.05, 0) is 30.3 Å². The molecule has 0 fully saturated rings. The second kappa shape index (κ2) is 6.60. The third kappa shape index (κ3) is 2.83. The highest BCUT2D eigenvalue weighted by molar-refractivity contribution is 6.14.